The van der Waals surface area contributed by atoms with Crippen LogP contribution in [0, 0.1) is 13.8 Å². The number of carbonyl (C=O) groups is 1. The summed E-state index contributed by atoms with van der Waals surface area (Å²) >= 11 is 0. The summed E-state index contributed by atoms with van der Waals surface area (Å²) in [5.74, 6) is 0.983. The minimum absolute atomic E-state index is 0.00383. The van der Waals surface area contributed by atoms with E-state index in [1.54, 1.807) is 24.3 Å². The molecule has 0 aliphatic carbocycles. The molecule has 1 amide bonds. The average molecular weight is 403 g/mol. The van der Waals surface area contributed by atoms with Crippen molar-refractivity contribution in [2.75, 3.05) is 37.3 Å². The van der Waals surface area contributed by atoms with Crippen LogP contribution < -0.4 is 9.62 Å². The van der Waals surface area contributed by atoms with Gasteiger partial charge in [-0.05, 0) is 42.7 Å². The lowest BCUT2D eigenvalue weighted by Crippen LogP contribution is -2.49. The first kappa shape index (κ1) is 20.3. The Labute approximate surface area is 166 Å². The van der Waals surface area contributed by atoms with E-state index in [9.17, 15) is 13.2 Å². The average Bonchev–Trinajstić information content (AvgIpc) is 2.66. The van der Waals surface area contributed by atoms with Gasteiger partial charge in [0.25, 0.3) is 5.91 Å². The number of rotatable bonds is 5. The standard InChI is InChI=1S/C20H26N4O3S/c1-15-12-16(2)19(21-13-15)23-8-10-24(11-9-23)20(25)18-6-4-17(5-7-18)14-22-28(3,26)27/h4-7,12-13,22H,8-11,14H2,1-3H3. The number of hydrogen-bond donors (Lipinski definition) is 1. The third kappa shape index (κ3) is 5.08. The second-order valence-corrected chi connectivity index (χ2v) is 9.06. The van der Waals surface area contributed by atoms with Crippen LogP contribution in [0.25, 0.3) is 0 Å². The number of sulfonamides is 1. The van der Waals surface area contributed by atoms with Gasteiger partial charge in [0.2, 0.25) is 10.0 Å². The van der Waals surface area contributed by atoms with Gasteiger partial charge in [0.15, 0.2) is 0 Å². The van der Waals surface area contributed by atoms with E-state index in [1.165, 1.54) is 0 Å². The highest BCUT2D eigenvalue weighted by molar-refractivity contribution is 7.88. The lowest BCUT2D eigenvalue weighted by atomic mass is 10.1. The number of piperazine rings is 1. The number of benzene rings is 1. The van der Waals surface area contributed by atoms with Crippen molar-refractivity contribution in [3.8, 4) is 0 Å². The number of amides is 1. The predicted octanol–water partition coefficient (Wildman–Crippen LogP) is 1.71. The van der Waals surface area contributed by atoms with Gasteiger partial charge < -0.3 is 9.80 Å². The smallest absolute Gasteiger partial charge is 0.253 e. The summed E-state index contributed by atoms with van der Waals surface area (Å²) < 4.78 is 24.8. The quantitative estimate of drug-likeness (QED) is 0.823. The molecule has 0 bridgehead atoms. The van der Waals surface area contributed by atoms with E-state index in [0.717, 1.165) is 41.9 Å². The Balaban J connectivity index is 1.59. The highest BCUT2D eigenvalue weighted by atomic mass is 32.2. The van der Waals surface area contributed by atoms with Crippen molar-refractivity contribution in [3.05, 3.63) is 58.8 Å². The van der Waals surface area contributed by atoms with Crippen molar-refractivity contribution in [3.63, 3.8) is 0 Å². The van der Waals surface area contributed by atoms with Crippen molar-refractivity contribution in [1.82, 2.24) is 14.6 Å². The summed E-state index contributed by atoms with van der Waals surface area (Å²) in [5.41, 5.74) is 3.72. The van der Waals surface area contributed by atoms with E-state index < -0.39 is 10.0 Å². The van der Waals surface area contributed by atoms with Crippen LogP contribution >= 0.6 is 0 Å². The first-order chi connectivity index (χ1) is 13.2. The minimum atomic E-state index is -3.23. The fourth-order valence-electron chi connectivity index (χ4n) is 3.32. The van der Waals surface area contributed by atoms with Crippen LogP contribution in [0.2, 0.25) is 0 Å². The summed E-state index contributed by atoms with van der Waals surface area (Å²) in [6, 6.07) is 9.18. The van der Waals surface area contributed by atoms with E-state index in [-0.39, 0.29) is 12.5 Å². The van der Waals surface area contributed by atoms with Crippen LogP contribution in [-0.2, 0) is 16.6 Å². The van der Waals surface area contributed by atoms with Gasteiger partial charge >= 0.3 is 0 Å². The Morgan fingerprint density at radius 1 is 1.11 bits per heavy atom. The number of carbonyl (C=O) groups excluding carboxylic acids is 1. The van der Waals surface area contributed by atoms with E-state index in [1.807, 2.05) is 18.0 Å². The molecule has 7 nitrogen and oxygen atoms in total. The van der Waals surface area contributed by atoms with Crippen LogP contribution in [0.5, 0.6) is 0 Å². The maximum absolute atomic E-state index is 12.8. The molecule has 8 heteroatoms. The monoisotopic (exact) mass is 402 g/mol. The summed E-state index contributed by atoms with van der Waals surface area (Å²) in [7, 11) is -3.23. The molecule has 150 valence electrons. The molecule has 1 N–H and O–H groups in total. The summed E-state index contributed by atoms with van der Waals surface area (Å²) in [6.07, 6.45) is 3.00. The van der Waals surface area contributed by atoms with E-state index in [2.05, 4.69) is 27.6 Å². The van der Waals surface area contributed by atoms with Crippen molar-refractivity contribution < 1.29 is 13.2 Å². The third-order valence-corrected chi connectivity index (χ3v) is 5.46. The predicted molar refractivity (Wildman–Crippen MR) is 110 cm³/mol. The largest absolute Gasteiger partial charge is 0.353 e. The molecule has 1 aromatic carbocycles. The van der Waals surface area contributed by atoms with Gasteiger partial charge in [0.05, 0.1) is 6.26 Å². The number of hydrogen-bond acceptors (Lipinski definition) is 5. The van der Waals surface area contributed by atoms with Crippen molar-refractivity contribution in [2.45, 2.75) is 20.4 Å². The first-order valence-electron chi connectivity index (χ1n) is 9.24. The van der Waals surface area contributed by atoms with Crippen LogP contribution in [0.4, 0.5) is 5.82 Å². The molecule has 1 aliphatic rings. The Morgan fingerprint density at radius 2 is 1.75 bits per heavy atom. The molecule has 0 atom stereocenters. The Kier molecular flexibility index (Phi) is 6.00. The number of aromatic nitrogens is 1. The van der Waals surface area contributed by atoms with Gasteiger partial charge in [-0.15, -0.1) is 0 Å². The molecular weight excluding hydrogens is 376 g/mol. The molecule has 28 heavy (non-hydrogen) atoms. The van der Waals surface area contributed by atoms with Crippen LogP contribution in [-0.4, -0.2) is 56.6 Å². The van der Waals surface area contributed by atoms with E-state index in [4.69, 9.17) is 0 Å². The Hall–Kier alpha value is -2.45. The molecular formula is C20H26N4O3S. The molecule has 2 aromatic rings. The zero-order valence-electron chi connectivity index (χ0n) is 16.5. The lowest BCUT2D eigenvalue weighted by molar-refractivity contribution is 0.0746. The third-order valence-electron chi connectivity index (χ3n) is 4.79. The van der Waals surface area contributed by atoms with E-state index >= 15 is 0 Å². The molecule has 2 heterocycles. The summed E-state index contributed by atoms with van der Waals surface area (Å²) in [6.45, 7) is 7.10. The molecule has 3 rings (SSSR count). The molecule has 1 fully saturated rings. The maximum atomic E-state index is 12.8. The van der Waals surface area contributed by atoms with Crippen molar-refractivity contribution >= 4 is 21.7 Å². The van der Waals surface area contributed by atoms with Gasteiger partial charge in [-0.1, -0.05) is 18.2 Å². The number of anilines is 1. The summed E-state index contributed by atoms with van der Waals surface area (Å²) in [4.78, 5) is 21.4. The van der Waals surface area contributed by atoms with Gasteiger partial charge in [0, 0.05) is 44.5 Å². The molecule has 0 spiro atoms. The molecule has 0 saturated carbocycles. The molecule has 0 unspecified atom stereocenters. The Bertz CT molecular complexity index is 950. The normalized spacial score (nSPS) is 15.0. The highest BCUT2D eigenvalue weighted by Gasteiger charge is 2.23. The van der Waals surface area contributed by atoms with E-state index in [0.29, 0.717) is 18.7 Å². The maximum Gasteiger partial charge on any atom is 0.253 e. The minimum Gasteiger partial charge on any atom is -0.353 e. The van der Waals surface area contributed by atoms with Gasteiger partial charge in [0.1, 0.15) is 5.82 Å². The first-order valence-corrected chi connectivity index (χ1v) is 11.1. The highest BCUT2D eigenvalue weighted by Crippen LogP contribution is 2.20. The van der Waals surface area contributed by atoms with Gasteiger partial charge in [-0.25, -0.2) is 18.1 Å². The number of aryl methyl sites for hydroxylation is 2. The van der Waals surface area contributed by atoms with Crippen LogP contribution in [0.1, 0.15) is 27.0 Å². The topological polar surface area (TPSA) is 82.6 Å². The second kappa shape index (κ2) is 8.28. The zero-order valence-corrected chi connectivity index (χ0v) is 17.3. The molecule has 1 aliphatic heterocycles. The number of nitrogens with one attached hydrogen (secondary N) is 1. The molecule has 0 radical (unpaired) electrons. The van der Waals surface area contributed by atoms with Crippen molar-refractivity contribution in [2.24, 2.45) is 0 Å². The molecule has 1 aromatic heterocycles. The zero-order chi connectivity index (χ0) is 20.3. The summed E-state index contributed by atoms with van der Waals surface area (Å²) in [5, 5.41) is 0. The van der Waals surface area contributed by atoms with Gasteiger partial charge in [-0.2, -0.15) is 0 Å². The van der Waals surface area contributed by atoms with Crippen LogP contribution in [0.15, 0.2) is 36.5 Å². The number of pyridine rings is 1. The fourth-order valence-corrected chi connectivity index (χ4v) is 3.75. The SMILES string of the molecule is Cc1cnc(N2CCN(C(=O)c3ccc(CNS(C)(=O)=O)cc3)CC2)c(C)c1. The van der Waals surface area contributed by atoms with Crippen molar-refractivity contribution in [1.29, 1.82) is 0 Å². The number of nitrogens with zero attached hydrogens (tertiary/aromatic N) is 3. The molecule has 1 saturated heterocycles. The Morgan fingerprint density at radius 3 is 2.32 bits per heavy atom. The van der Waals surface area contributed by atoms with Crippen LogP contribution in [0.3, 0.4) is 0 Å². The van der Waals surface area contributed by atoms with Gasteiger partial charge in [-0.3, -0.25) is 4.79 Å². The fraction of sp³-hybridized carbons (Fsp3) is 0.400. The second-order valence-electron chi connectivity index (χ2n) is 7.22. The lowest BCUT2D eigenvalue weighted by Gasteiger charge is -2.36.